The first-order valence-electron chi connectivity index (χ1n) is 8.55. The Morgan fingerprint density at radius 3 is 2.38 bits per heavy atom. The van der Waals surface area contributed by atoms with E-state index in [1.54, 1.807) is 0 Å². The average Bonchev–Trinajstić information content (AvgIpc) is 3.39. The highest BCUT2D eigenvalue weighted by molar-refractivity contribution is 6.32. The van der Waals surface area contributed by atoms with Crippen LogP contribution in [0.2, 0.25) is 10.0 Å². The number of hydrogen-bond donors (Lipinski definition) is 2. The van der Waals surface area contributed by atoms with E-state index in [1.807, 2.05) is 0 Å². The molecule has 0 aliphatic carbocycles. The summed E-state index contributed by atoms with van der Waals surface area (Å²) in [4.78, 5) is 21.5. The fourth-order valence-corrected chi connectivity index (χ4v) is 3.17. The third kappa shape index (κ3) is 4.07. The Morgan fingerprint density at radius 1 is 1.00 bits per heavy atom. The van der Waals surface area contributed by atoms with E-state index in [0.717, 1.165) is 23.3 Å². The number of carbonyl (C=O) groups excluding carboxylic acids is 1. The van der Waals surface area contributed by atoms with E-state index < -0.39 is 23.3 Å². The minimum absolute atomic E-state index is 0.0444. The van der Waals surface area contributed by atoms with Crippen molar-refractivity contribution in [2.75, 3.05) is 11.1 Å². The van der Waals surface area contributed by atoms with Crippen LogP contribution in [-0.2, 0) is 6.18 Å². The van der Waals surface area contributed by atoms with E-state index in [0.29, 0.717) is 4.68 Å². The minimum Gasteiger partial charge on any atom is -0.384 e. The molecule has 0 bridgehead atoms. The SMILES string of the molecule is Nc1cc(-n2ncc(C(=O)Nc3cnc(-n4nccn4)c(Cl)c3)c2C(F)(F)F)c(Cl)cn1. The Labute approximate surface area is 186 Å². The molecule has 3 N–H and O–H groups in total. The van der Waals surface area contributed by atoms with Crippen LogP contribution in [0.25, 0.3) is 11.5 Å². The van der Waals surface area contributed by atoms with Gasteiger partial charge in [-0.2, -0.15) is 28.5 Å². The second-order valence-corrected chi connectivity index (χ2v) is 6.99. The predicted octanol–water partition coefficient (Wildman–Crippen LogP) is 3.40. The second-order valence-electron chi connectivity index (χ2n) is 6.18. The molecule has 0 aliphatic heterocycles. The van der Waals surface area contributed by atoms with Crippen molar-refractivity contribution in [2.24, 2.45) is 0 Å². The first-order valence-corrected chi connectivity index (χ1v) is 9.31. The molecule has 0 saturated carbocycles. The maximum Gasteiger partial charge on any atom is 0.434 e. The summed E-state index contributed by atoms with van der Waals surface area (Å²) in [7, 11) is 0. The number of alkyl halides is 3. The molecule has 15 heteroatoms. The van der Waals surface area contributed by atoms with Gasteiger partial charge in [0.2, 0.25) is 0 Å². The van der Waals surface area contributed by atoms with Gasteiger partial charge in [0.05, 0.1) is 58.0 Å². The zero-order valence-corrected chi connectivity index (χ0v) is 17.1. The van der Waals surface area contributed by atoms with Crippen molar-refractivity contribution >= 4 is 40.6 Å². The van der Waals surface area contributed by atoms with Crippen LogP contribution in [0.1, 0.15) is 16.1 Å². The molecule has 164 valence electrons. The van der Waals surface area contributed by atoms with Crippen molar-refractivity contribution in [3.05, 3.63) is 64.4 Å². The summed E-state index contributed by atoms with van der Waals surface area (Å²) >= 11 is 12.1. The molecule has 32 heavy (non-hydrogen) atoms. The van der Waals surface area contributed by atoms with E-state index in [4.69, 9.17) is 28.9 Å². The summed E-state index contributed by atoms with van der Waals surface area (Å²) in [6, 6.07) is 2.40. The fraction of sp³-hybridized carbons (Fsp3) is 0.0588. The molecule has 4 rings (SSSR count). The van der Waals surface area contributed by atoms with Gasteiger partial charge >= 0.3 is 6.18 Å². The van der Waals surface area contributed by atoms with Crippen molar-refractivity contribution in [1.29, 1.82) is 0 Å². The lowest BCUT2D eigenvalue weighted by Crippen LogP contribution is -2.21. The van der Waals surface area contributed by atoms with Crippen LogP contribution in [0.5, 0.6) is 0 Å². The maximum atomic E-state index is 13.9. The summed E-state index contributed by atoms with van der Waals surface area (Å²) in [5.41, 5.74) is 3.31. The first-order chi connectivity index (χ1) is 15.1. The van der Waals surface area contributed by atoms with Gasteiger partial charge in [-0.05, 0) is 6.07 Å². The lowest BCUT2D eigenvalue weighted by Gasteiger charge is -2.14. The number of aromatic nitrogens is 7. The molecular formula is C17H10Cl2F3N9O. The Balaban J connectivity index is 1.70. The van der Waals surface area contributed by atoms with Gasteiger partial charge in [0.15, 0.2) is 11.5 Å². The summed E-state index contributed by atoms with van der Waals surface area (Å²) in [5.74, 6) is -1.00. The van der Waals surface area contributed by atoms with Crippen LogP contribution in [0.3, 0.4) is 0 Å². The highest BCUT2D eigenvalue weighted by Crippen LogP contribution is 2.35. The van der Waals surface area contributed by atoms with E-state index >= 15 is 0 Å². The molecule has 0 radical (unpaired) electrons. The standard InChI is InChI=1S/C17H10Cl2F3N9O/c18-10-3-8(5-25-15(10)31-26-1-2-27-31)29-16(32)9-6-28-30(14(9)17(20,21)22)12-4-13(23)24-7-11(12)19/h1-7H,(H2,23,24)(H,29,32). The van der Waals surface area contributed by atoms with Gasteiger partial charge in [-0.1, -0.05) is 23.2 Å². The van der Waals surface area contributed by atoms with Crippen molar-refractivity contribution in [1.82, 2.24) is 34.7 Å². The lowest BCUT2D eigenvalue weighted by atomic mass is 10.2. The number of hydrogen-bond acceptors (Lipinski definition) is 7. The predicted molar refractivity (Wildman–Crippen MR) is 108 cm³/mol. The van der Waals surface area contributed by atoms with Gasteiger partial charge in [0, 0.05) is 6.07 Å². The zero-order valence-electron chi connectivity index (χ0n) is 15.5. The lowest BCUT2D eigenvalue weighted by molar-refractivity contribution is -0.143. The largest absolute Gasteiger partial charge is 0.434 e. The number of halogens is 5. The highest BCUT2D eigenvalue weighted by Gasteiger charge is 2.41. The number of anilines is 2. The van der Waals surface area contributed by atoms with Gasteiger partial charge in [-0.25, -0.2) is 14.6 Å². The van der Waals surface area contributed by atoms with Gasteiger partial charge in [0.25, 0.3) is 5.91 Å². The van der Waals surface area contributed by atoms with Gasteiger partial charge in [0.1, 0.15) is 5.82 Å². The number of nitrogens with two attached hydrogens (primary N) is 1. The van der Waals surface area contributed by atoms with Gasteiger partial charge in [-0.15, -0.1) is 4.80 Å². The third-order valence-corrected chi connectivity index (χ3v) is 4.62. The van der Waals surface area contributed by atoms with Crippen LogP contribution in [0.4, 0.5) is 24.7 Å². The number of nitrogens with zero attached hydrogens (tertiary/aromatic N) is 7. The Kier molecular flexibility index (Phi) is 5.44. The number of amides is 1. The topological polar surface area (TPSA) is 129 Å². The molecule has 0 atom stereocenters. The Morgan fingerprint density at radius 2 is 1.72 bits per heavy atom. The Hall–Kier alpha value is -3.71. The molecular weight excluding hydrogens is 474 g/mol. The van der Waals surface area contributed by atoms with E-state index in [-0.39, 0.29) is 33.1 Å². The number of pyridine rings is 2. The van der Waals surface area contributed by atoms with Gasteiger partial charge < -0.3 is 11.1 Å². The summed E-state index contributed by atoms with van der Waals surface area (Å²) in [6.45, 7) is 0. The number of nitrogens with one attached hydrogen (secondary N) is 1. The summed E-state index contributed by atoms with van der Waals surface area (Å²) in [5, 5.41) is 13.7. The number of nitrogen functional groups attached to an aromatic ring is 1. The normalized spacial score (nSPS) is 11.5. The van der Waals surface area contributed by atoms with Crippen molar-refractivity contribution in [3.63, 3.8) is 0 Å². The molecule has 0 aliphatic rings. The number of carbonyl (C=O) groups is 1. The fourth-order valence-electron chi connectivity index (χ4n) is 2.75. The molecule has 0 saturated heterocycles. The smallest absolute Gasteiger partial charge is 0.384 e. The monoisotopic (exact) mass is 483 g/mol. The average molecular weight is 484 g/mol. The van der Waals surface area contributed by atoms with E-state index in [1.165, 1.54) is 24.7 Å². The summed E-state index contributed by atoms with van der Waals surface area (Å²) in [6.07, 6.45) is 0.912. The molecule has 0 fully saturated rings. The maximum absolute atomic E-state index is 13.9. The quantitative estimate of drug-likeness (QED) is 0.454. The van der Waals surface area contributed by atoms with Crippen LogP contribution in [-0.4, -0.2) is 40.6 Å². The molecule has 4 aromatic rings. The number of rotatable bonds is 4. The van der Waals surface area contributed by atoms with E-state index in [9.17, 15) is 18.0 Å². The van der Waals surface area contributed by atoms with Crippen molar-refractivity contribution in [3.8, 4) is 11.5 Å². The van der Waals surface area contributed by atoms with Crippen molar-refractivity contribution < 1.29 is 18.0 Å². The van der Waals surface area contributed by atoms with Crippen LogP contribution >= 0.6 is 23.2 Å². The Bertz CT molecular complexity index is 1310. The minimum atomic E-state index is -4.95. The van der Waals surface area contributed by atoms with Crippen LogP contribution < -0.4 is 11.1 Å². The van der Waals surface area contributed by atoms with E-state index in [2.05, 4.69) is 30.6 Å². The van der Waals surface area contributed by atoms with Crippen LogP contribution in [0, 0.1) is 0 Å². The highest BCUT2D eigenvalue weighted by atomic mass is 35.5. The second kappa shape index (κ2) is 8.09. The third-order valence-electron chi connectivity index (χ3n) is 4.05. The summed E-state index contributed by atoms with van der Waals surface area (Å²) < 4.78 is 42.0. The molecule has 0 spiro atoms. The molecule has 4 aromatic heterocycles. The molecule has 4 heterocycles. The zero-order chi connectivity index (χ0) is 23.0. The molecule has 1 amide bonds. The molecule has 0 unspecified atom stereocenters. The van der Waals surface area contributed by atoms with Crippen molar-refractivity contribution in [2.45, 2.75) is 6.18 Å². The van der Waals surface area contributed by atoms with Gasteiger partial charge in [-0.3, -0.25) is 4.79 Å². The molecule has 0 aromatic carbocycles. The van der Waals surface area contributed by atoms with Crippen LogP contribution in [0.15, 0.2) is 43.1 Å². The molecule has 10 nitrogen and oxygen atoms in total. The first kappa shape index (κ1) is 21.5.